The van der Waals surface area contributed by atoms with Crippen LogP contribution in [0.2, 0.25) is 0 Å². The van der Waals surface area contributed by atoms with Crippen LogP contribution >= 0.6 is 0 Å². The molecular weight excluding hydrogens is 224 g/mol. The number of aryl methyl sites for hydroxylation is 1. The normalized spacial score (nSPS) is 10.2. The van der Waals surface area contributed by atoms with Crippen LogP contribution in [-0.2, 0) is 0 Å². The largest absolute Gasteiger partial charge is 0.493 e. The molecule has 18 heavy (non-hydrogen) atoms. The fourth-order valence-electron chi connectivity index (χ4n) is 2.14. The lowest BCUT2D eigenvalue weighted by molar-refractivity contribution is 0.354. The Morgan fingerprint density at radius 1 is 0.833 bits per heavy atom. The molecule has 0 aromatic heterocycles. The van der Waals surface area contributed by atoms with Gasteiger partial charge in [-0.15, -0.1) is 0 Å². The van der Waals surface area contributed by atoms with Crippen LogP contribution in [0.25, 0.3) is 11.1 Å². The van der Waals surface area contributed by atoms with E-state index in [2.05, 4.69) is 25.1 Å². The Labute approximate surface area is 108 Å². The summed E-state index contributed by atoms with van der Waals surface area (Å²) in [5, 5.41) is 0. The van der Waals surface area contributed by atoms with Crippen molar-refractivity contribution in [2.75, 3.05) is 14.2 Å². The van der Waals surface area contributed by atoms with Crippen molar-refractivity contribution in [3.05, 3.63) is 47.5 Å². The van der Waals surface area contributed by atoms with Crippen molar-refractivity contribution in [2.24, 2.45) is 0 Å². The van der Waals surface area contributed by atoms with Gasteiger partial charge in [0.2, 0.25) is 0 Å². The average molecular weight is 242 g/mol. The summed E-state index contributed by atoms with van der Waals surface area (Å²) in [7, 11) is 3.36. The first-order chi connectivity index (χ1) is 8.69. The van der Waals surface area contributed by atoms with Crippen LogP contribution in [0.5, 0.6) is 11.5 Å². The lowest BCUT2D eigenvalue weighted by Gasteiger charge is -2.17. The summed E-state index contributed by atoms with van der Waals surface area (Å²) in [6.07, 6.45) is 0. The topological polar surface area (TPSA) is 18.5 Å². The lowest BCUT2D eigenvalue weighted by Crippen LogP contribution is -1.98. The number of hydrogen-bond donors (Lipinski definition) is 0. The molecule has 0 fully saturated rings. The highest BCUT2D eigenvalue weighted by Gasteiger charge is 2.16. The van der Waals surface area contributed by atoms with Gasteiger partial charge < -0.3 is 9.47 Å². The maximum atomic E-state index is 5.53. The molecule has 0 radical (unpaired) electrons. The van der Waals surface area contributed by atoms with Gasteiger partial charge in [0, 0.05) is 5.56 Å². The zero-order chi connectivity index (χ0) is 13.1. The molecule has 0 amide bonds. The van der Waals surface area contributed by atoms with Gasteiger partial charge in [-0.3, -0.25) is 0 Å². The van der Waals surface area contributed by atoms with Crippen LogP contribution < -0.4 is 9.47 Å². The van der Waals surface area contributed by atoms with E-state index in [1.807, 2.05) is 25.1 Å². The molecule has 94 valence electrons. The number of benzene rings is 2. The molecule has 0 aliphatic rings. The van der Waals surface area contributed by atoms with E-state index >= 15 is 0 Å². The third-order valence-corrected chi connectivity index (χ3v) is 3.24. The summed E-state index contributed by atoms with van der Waals surface area (Å²) < 4.78 is 11.0. The van der Waals surface area contributed by atoms with Gasteiger partial charge in [0.25, 0.3) is 0 Å². The fourth-order valence-corrected chi connectivity index (χ4v) is 2.14. The minimum absolute atomic E-state index is 0.798. The molecule has 0 unspecified atom stereocenters. The first-order valence-electron chi connectivity index (χ1n) is 5.96. The van der Waals surface area contributed by atoms with Gasteiger partial charge in [0.05, 0.1) is 14.2 Å². The van der Waals surface area contributed by atoms with Crippen molar-refractivity contribution < 1.29 is 9.47 Å². The number of hydrogen-bond acceptors (Lipinski definition) is 2. The second-order valence-corrected chi connectivity index (χ2v) is 4.30. The van der Waals surface area contributed by atoms with E-state index < -0.39 is 0 Å². The Bertz CT molecular complexity index is 545. The quantitative estimate of drug-likeness (QED) is 0.810. The number of ether oxygens (including phenoxy) is 2. The second-order valence-electron chi connectivity index (χ2n) is 4.30. The highest BCUT2D eigenvalue weighted by Crippen LogP contribution is 2.41. The van der Waals surface area contributed by atoms with Gasteiger partial charge in [-0.2, -0.15) is 0 Å². The van der Waals surface area contributed by atoms with Gasteiger partial charge in [-0.05, 0) is 36.6 Å². The molecule has 0 aliphatic carbocycles. The van der Waals surface area contributed by atoms with E-state index in [0.717, 1.165) is 28.2 Å². The smallest absolute Gasteiger partial charge is 0.168 e. The molecule has 2 nitrogen and oxygen atoms in total. The van der Waals surface area contributed by atoms with Crippen LogP contribution in [0, 0.1) is 13.8 Å². The molecule has 0 atom stereocenters. The molecule has 0 bridgehead atoms. The SMILES string of the molecule is COc1c(-c2ccccc2)cc(C)c(C)c1OC. The highest BCUT2D eigenvalue weighted by atomic mass is 16.5. The predicted molar refractivity (Wildman–Crippen MR) is 74.5 cm³/mol. The Hall–Kier alpha value is -1.96. The molecule has 0 spiro atoms. The zero-order valence-corrected chi connectivity index (χ0v) is 11.3. The maximum Gasteiger partial charge on any atom is 0.168 e. The van der Waals surface area contributed by atoms with Crippen molar-refractivity contribution in [3.8, 4) is 22.6 Å². The summed E-state index contributed by atoms with van der Waals surface area (Å²) in [5.74, 6) is 1.61. The van der Waals surface area contributed by atoms with E-state index in [4.69, 9.17) is 9.47 Å². The first-order valence-corrected chi connectivity index (χ1v) is 5.96. The Morgan fingerprint density at radius 2 is 1.44 bits per heavy atom. The average Bonchev–Trinajstić information content (AvgIpc) is 2.42. The Kier molecular flexibility index (Phi) is 3.56. The Morgan fingerprint density at radius 3 is 2.00 bits per heavy atom. The van der Waals surface area contributed by atoms with Crippen molar-refractivity contribution in [1.82, 2.24) is 0 Å². The third-order valence-electron chi connectivity index (χ3n) is 3.24. The third kappa shape index (κ3) is 2.06. The summed E-state index contributed by atoms with van der Waals surface area (Å²) in [4.78, 5) is 0. The van der Waals surface area contributed by atoms with E-state index in [1.54, 1.807) is 14.2 Å². The van der Waals surface area contributed by atoms with E-state index in [0.29, 0.717) is 0 Å². The molecule has 2 rings (SSSR count). The molecule has 0 N–H and O–H groups in total. The summed E-state index contributed by atoms with van der Waals surface area (Å²) in [6.45, 7) is 4.13. The van der Waals surface area contributed by atoms with Gasteiger partial charge in [-0.1, -0.05) is 30.3 Å². The van der Waals surface area contributed by atoms with Gasteiger partial charge in [-0.25, -0.2) is 0 Å². The molecule has 2 aromatic carbocycles. The summed E-state index contributed by atoms with van der Waals surface area (Å²) >= 11 is 0. The van der Waals surface area contributed by atoms with E-state index in [9.17, 15) is 0 Å². The fraction of sp³-hybridized carbons (Fsp3) is 0.250. The number of methoxy groups -OCH3 is 2. The zero-order valence-electron chi connectivity index (χ0n) is 11.3. The van der Waals surface area contributed by atoms with Crippen molar-refractivity contribution in [1.29, 1.82) is 0 Å². The first kappa shape index (κ1) is 12.5. The minimum atomic E-state index is 0.798. The van der Waals surface area contributed by atoms with Crippen LogP contribution in [0.1, 0.15) is 11.1 Å². The standard InChI is InChI=1S/C16H18O2/c1-11-10-14(13-8-6-5-7-9-13)16(18-4)15(17-3)12(11)2/h5-10H,1-4H3. The minimum Gasteiger partial charge on any atom is -0.493 e. The van der Waals surface area contributed by atoms with Gasteiger partial charge in [0.1, 0.15) is 0 Å². The highest BCUT2D eigenvalue weighted by molar-refractivity contribution is 5.76. The molecular formula is C16H18O2. The Balaban J connectivity index is 2.71. The van der Waals surface area contributed by atoms with Crippen LogP contribution in [0.4, 0.5) is 0 Å². The van der Waals surface area contributed by atoms with E-state index in [-0.39, 0.29) is 0 Å². The van der Waals surface area contributed by atoms with E-state index in [1.165, 1.54) is 5.56 Å². The van der Waals surface area contributed by atoms with Crippen molar-refractivity contribution in [2.45, 2.75) is 13.8 Å². The predicted octanol–water partition coefficient (Wildman–Crippen LogP) is 3.99. The maximum absolute atomic E-state index is 5.53. The monoisotopic (exact) mass is 242 g/mol. The van der Waals surface area contributed by atoms with Crippen molar-refractivity contribution in [3.63, 3.8) is 0 Å². The van der Waals surface area contributed by atoms with Crippen molar-refractivity contribution >= 4 is 0 Å². The molecule has 0 saturated heterocycles. The van der Waals surface area contributed by atoms with Crippen LogP contribution in [-0.4, -0.2) is 14.2 Å². The van der Waals surface area contributed by atoms with Crippen LogP contribution in [0.3, 0.4) is 0 Å². The molecule has 0 aliphatic heterocycles. The lowest BCUT2D eigenvalue weighted by atomic mass is 9.98. The van der Waals surface area contributed by atoms with Gasteiger partial charge >= 0.3 is 0 Å². The molecule has 0 saturated carbocycles. The summed E-state index contributed by atoms with van der Waals surface area (Å²) in [5.41, 5.74) is 4.52. The van der Waals surface area contributed by atoms with Gasteiger partial charge in [0.15, 0.2) is 11.5 Å². The second kappa shape index (κ2) is 5.13. The molecule has 0 heterocycles. The summed E-state index contributed by atoms with van der Waals surface area (Å²) in [6, 6.07) is 12.4. The molecule has 2 heteroatoms. The van der Waals surface area contributed by atoms with Crippen LogP contribution in [0.15, 0.2) is 36.4 Å². The molecule has 2 aromatic rings. The number of rotatable bonds is 3.